The van der Waals surface area contributed by atoms with Gasteiger partial charge in [-0.3, -0.25) is 4.90 Å². The second-order valence-corrected chi connectivity index (χ2v) is 7.97. The SMILES string of the molecule is CCCC1OC(=O)N2c3ccc(-c4ccc(-c5cnnn5C)c(C)c4)cc3CC12. The van der Waals surface area contributed by atoms with Gasteiger partial charge >= 0.3 is 6.09 Å². The average molecular weight is 388 g/mol. The molecule has 1 saturated heterocycles. The van der Waals surface area contributed by atoms with Crippen molar-refractivity contribution in [2.45, 2.75) is 45.3 Å². The van der Waals surface area contributed by atoms with Gasteiger partial charge < -0.3 is 4.74 Å². The van der Waals surface area contributed by atoms with Gasteiger partial charge in [0.25, 0.3) is 0 Å². The van der Waals surface area contributed by atoms with Crippen LogP contribution in [0.1, 0.15) is 30.9 Å². The molecule has 6 nitrogen and oxygen atoms in total. The topological polar surface area (TPSA) is 60.2 Å². The number of carbonyl (C=O) groups is 1. The van der Waals surface area contributed by atoms with E-state index in [0.717, 1.165) is 36.2 Å². The number of hydrogen-bond donors (Lipinski definition) is 0. The lowest BCUT2D eigenvalue weighted by atomic mass is 9.96. The zero-order chi connectivity index (χ0) is 20.1. The molecule has 29 heavy (non-hydrogen) atoms. The maximum absolute atomic E-state index is 12.4. The highest BCUT2D eigenvalue weighted by Crippen LogP contribution is 2.41. The first-order valence-electron chi connectivity index (χ1n) is 10.2. The first kappa shape index (κ1) is 17.9. The Labute approximate surface area is 170 Å². The van der Waals surface area contributed by atoms with Crippen molar-refractivity contribution in [1.29, 1.82) is 0 Å². The highest BCUT2D eigenvalue weighted by Gasteiger charge is 2.46. The molecule has 6 heteroatoms. The number of rotatable bonds is 4. The van der Waals surface area contributed by atoms with E-state index in [1.54, 1.807) is 10.9 Å². The van der Waals surface area contributed by atoms with E-state index >= 15 is 0 Å². The van der Waals surface area contributed by atoms with Crippen LogP contribution >= 0.6 is 0 Å². The number of hydrogen-bond acceptors (Lipinski definition) is 4. The molecule has 2 unspecified atom stereocenters. The smallest absolute Gasteiger partial charge is 0.415 e. The number of anilines is 1. The van der Waals surface area contributed by atoms with Gasteiger partial charge in [0.05, 0.1) is 23.6 Å². The fourth-order valence-electron chi connectivity index (χ4n) is 4.66. The van der Waals surface area contributed by atoms with E-state index in [-0.39, 0.29) is 18.2 Å². The summed E-state index contributed by atoms with van der Waals surface area (Å²) < 4.78 is 7.38. The molecule has 0 spiro atoms. The summed E-state index contributed by atoms with van der Waals surface area (Å²) in [6.07, 6.45) is 4.37. The minimum atomic E-state index is -0.204. The Morgan fingerprint density at radius 1 is 1.17 bits per heavy atom. The number of aryl methyl sites for hydroxylation is 2. The first-order valence-corrected chi connectivity index (χ1v) is 10.2. The van der Waals surface area contributed by atoms with Gasteiger partial charge in [-0.25, -0.2) is 9.48 Å². The molecule has 2 aromatic carbocycles. The quantitative estimate of drug-likeness (QED) is 0.660. The molecule has 0 radical (unpaired) electrons. The third-order valence-electron chi connectivity index (χ3n) is 6.10. The number of carbonyl (C=O) groups excluding carboxylic acids is 1. The third-order valence-corrected chi connectivity index (χ3v) is 6.10. The van der Waals surface area contributed by atoms with Crippen molar-refractivity contribution in [3.05, 3.63) is 53.7 Å². The van der Waals surface area contributed by atoms with E-state index in [2.05, 4.69) is 60.6 Å². The van der Waals surface area contributed by atoms with Crippen LogP contribution in [0.25, 0.3) is 22.4 Å². The van der Waals surface area contributed by atoms with Gasteiger partial charge in [-0.15, -0.1) is 5.10 Å². The van der Waals surface area contributed by atoms with Crippen LogP contribution in [0.4, 0.5) is 10.5 Å². The van der Waals surface area contributed by atoms with Gasteiger partial charge in [0.15, 0.2) is 0 Å². The van der Waals surface area contributed by atoms with Crippen molar-refractivity contribution < 1.29 is 9.53 Å². The molecule has 2 atom stereocenters. The molecule has 3 heterocycles. The summed E-state index contributed by atoms with van der Waals surface area (Å²) in [7, 11) is 1.90. The van der Waals surface area contributed by atoms with Crippen molar-refractivity contribution >= 4 is 11.8 Å². The number of cyclic esters (lactones) is 1. The zero-order valence-electron chi connectivity index (χ0n) is 16.9. The number of fused-ring (bicyclic) bond motifs is 3. The normalized spacial score (nSPS) is 20.0. The lowest BCUT2D eigenvalue weighted by Crippen LogP contribution is -2.33. The fraction of sp³-hybridized carbons (Fsp3) is 0.348. The molecule has 2 aliphatic heterocycles. The Balaban J connectivity index is 1.47. The average Bonchev–Trinajstić information content (AvgIpc) is 3.37. The monoisotopic (exact) mass is 388 g/mol. The van der Waals surface area contributed by atoms with Crippen LogP contribution in [0, 0.1) is 6.92 Å². The van der Waals surface area contributed by atoms with E-state index in [1.807, 2.05) is 11.9 Å². The van der Waals surface area contributed by atoms with Gasteiger partial charge in [-0.2, -0.15) is 0 Å². The summed E-state index contributed by atoms with van der Waals surface area (Å²) in [6.45, 7) is 4.24. The number of benzene rings is 2. The maximum Gasteiger partial charge on any atom is 0.415 e. The van der Waals surface area contributed by atoms with Crippen molar-refractivity contribution in [3.63, 3.8) is 0 Å². The molecule has 5 rings (SSSR count). The van der Waals surface area contributed by atoms with Gasteiger partial charge in [-0.1, -0.05) is 42.8 Å². The second-order valence-electron chi connectivity index (χ2n) is 7.97. The molecule has 0 saturated carbocycles. The van der Waals surface area contributed by atoms with Gasteiger partial charge in [-0.05, 0) is 54.2 Å². The second kappa shape index (κ2) is 6.72. The van der Waals surface area contributed by atoms with Crippen LogP contribution in [-0.4, -0.2) is 33.2 Å². The zero-order valence-corrected chi connectivity index (χ0v) is 16.9. The number of aromatic nitrogens is 3. The van der Waals surface area contributed by atoms with Crippen molar-refractivity contribution in [1.82, 2.24) is 15.0 Å². The van der Waals surface area contributed by atoms with E-state index < -0.39 is 0 Å². The van der Waals surface area contributed by atoms with Gasteiger partial charge in [0, 0.05) is 12.6 Å². The van der Waals surface area contributed by atoms with E-state index in [1.165, 1.54) is 22.3 Å². The minimum absolute atomic E-state index is 0.00242. The number of amides is 1. The van der Waals surface area contributed by atoms with Crippen molar-refractivity contribution in [2.75, 3.05) is 4.90 Å². The van der Waals surface area contributed by atoms with Gasteiger partial charge in [0.1, 0.15) is 6.10 Å². The summed E-state index contributed by atoms with van der Waals surface area (Å²) in [5, 5.41) is 8.01. The summed E-state index contributed by atoms with van der Waals surface area (Å²) in [4.78, 5) is 14.2. The van der Waals surface area contributed by atoms with E-state index in [0.29, 0.717) is 0 Å². The van der Waals surface area contributed by atoms with Crippen LogP contribution < -0.4 is 4.90 Å². The first-order chi connectivity index (χ1) is 14.1. The van der Waals surface area contributed by atoms with Crippen LogP contribution in [0.15, 0.2) is 42.6 Å². The lowest BCUT2D eigenvalue weighted by molar-refractivity contribution is 0.125. The Morgan fingerprint density at radius 3 is 2.69 bits per heavy atom. The summed E-state index contributed by atoms with van der Waals surface area (Å²) in [6, 6.07) is 13.0. The fourth-order valence-corrected chi connectivity index (χ4v) is 4.66. The number of ether oxygens (including phenoxy) is 1. The Morgan fingerprint density at radius 2 is 1.97 bits per heavy atom. The molecule has 1 fully saturated rings. The number of nitrogens with zero attached hydrogens (tertiary/aromatic N) is 4. The van der Waals surface area contributed by atoms with Crippen LogP contribution in [0.3, 0.4) is 0 Å². The van der Waals surface area contributed by atoms with Crippen LogP contribution in [-0.2, 0) is 18.2 Å². The predicted octanol–water partition coefficient (Wildman–Crippen LogP) is 4.51. The lowest BCUT2D eigenvalue weighted by Gasteiger charge is -2.15. The van der Waals surface area contributed by atoms with Crippen LogP contribution in [0.2, 0.25) is 0 Å². The summed E-state index contributed by atoms with van der Waals surface area (Å²) >= 11 is 0. The molecule has 1 amide bonds. The van der Waals surface area contributed by atoms with E-state index in [4.69, 9.17) is 4.74 Å². The molecule has 3 aromatic rings. The Hall–Kier alpha value is -3.15. The van der Waals surface area contributed by atoms with Crippen molar-refractivity contribution in [3.8, 4) is 22.4 Å². The molecular formula is C23H24N4O2. The standard InChI is InChI=1S/C23H24N4O2/c1-4-5-22-20-12-17-11-16(7-9-19(17)27(20)23(28)29-22)15-6-8-18(14(2)10-15)21-13-24-25-26(21)3/h6-11,13,20,22H,4-5,12H2,1-3H3. The molecule has 0 aliphatic carbocycles. The third kappa shape index (κ3) is 2.82. The van der Waals surface area contributed by atoms with Crippen LogP contribution in [0.5, 0.6) is 0 Å². The molecule has 0 bridgehead atoms. The molecule has 148 valence electrons. The highest BCUT2D eigenvalue weighted by molar-refractivity contribution is 5.94. The maximum atomic E-state index is 12.4. The van der Waals surface area contributed by atoms with E-state index in [9.17, 15) is 4.79 Å². The molecular weight excluding hydrogens is 364 g/mol. The highest BCUT2D eigenvalue weighted by atomic mass is 16.6. The summed E-state index contributed by atoms with van der Waals surface area (Å²) in [5.41, 5.74) is 7.88. The largest absolute Gasteiger partial charge is 0.444 e. The Kier molecular flexibility index (Phi) is 4.15. The molecule has 1 aromatic heterocycles. The van der Waals surface area contributed by atoms with Gasteiger partial charge in [0.2, 0.25) is 0 Å². The summed E-state index contributed by atoms with van der Waals surface area (Å²) in [5.74, 6) is 0. The van der Waals surface area contributed by atoms with Crippen molar-refractivity contribution in [2.24, 2.45) is 7.05 Å². The minimum Gasteiger partial charge on any atom is -0.444 e. The molecule has 0 N–H and O–H groups in total. The predicted molar refractivity (Wildman–Crippen MR) is 112 cm³/mol. The Bertz CT molecular complexity index is 1100. The molecule has 2 aliphatic rings.